The molecule has 2 heteroatoms. The molecule has 0 aliphatic rings. The lowest BCUT2D eigenvalue weighted by Crippen LogP contribution is -2.00. The molecular weight excluding hydrogens is 240 g/mol. The Morgan fingerprint density at radius 2 is 2.07 bits per heavy atom. The summed E-state index contributed by atoms with van der Waals surface area (Å²) in [6.45, 7) is 8.57. The van der Waals surface area contributed by atoms with Gasteiger partial charge in [-0.1, -0.05) is 54.6 Å². The summed E-state index contributed by atoms with van der Waals surface area (Å²) in [6, 6.07) is 8.10. The topological polar surface area (TPSA) is 9.23 Å². The Kier molecular flexibility index (Phi) is 4.21. The molecule has 0 saturated carbocycles. The summed E-state index contributed by atoms with van der Waals surface area (Å²) in [7, 11) is 0. The van der Waals surface area contributed by atoms with Crippen LogP contribution < -0.4 is 4.74 Å². The predicted molar refractivity (Wildman–Crippen MR) is 64.1 cm³/mol. The molecule has 1 aromatic rings. The lowest BCUT2D eigenvalue weighted by molar-refractivity contribution is 0.355. The van der Waals surface area contributed by atoms with E-state index in [-0.39, 0.29) is 0 Å². The molecule has 1 rings (SSSR count). The number of hydrogen-bond acceptors (Lipinski definition) is 1. The van der Waals surface area contributed by atoms with E-state index < -0.39 is 0 Å². The minimum Gasteiger partial charge on any atom is -0.488 e. The van der Waals surface area contributed by atoms with Crippen molar-refractivity contribution in [2.75, 3.05) is 6.61 Å². The molecule has 14 heavy (non-hydrogen) atoms. The first kappa shape index (κ1) is 11.3. The lowest BCUT2D eigenvalue weighted by atomic mass is 10.0. The Morgan fingerprint density at radius 1 is 1.43 bits per heavy atom. The average molecular weight is 255 g/mol. The fourth-order valence-corrected chi connectivity index (χ4v) is 1.36. The molecular formula is C12H15BrO. The van der Waals surface area contributed by atoms with Gasteiger partial charge in [0.05, 0.1) is 0 Å². The van der Waals surface area contributed by atoms with Crippen LogP contribution in [0.4, 0.5) is 0 Å². The molecule has 0 N–H and O–H groups in total. The number of benzene rings is 1. The molecule has 76 valence electrons. The number of para-hydroxylation sites is 1. The molecule has 1 nitrogen and oxygen atoms in total. The van der Waals surface area contributed by atoms with Gasteiger partial charge in [-0.3, -0.25) is 0 Å². The van der Waals surface area contributed by atoms with E-state index in [0.717, 1.165) is 10.2 Å². The van der Waals surface area contributed by atoms with Crippen molar-refractivity contribution in [2.45, 2.75) is 19.8 Å². The van der Waals surface area contributed by atoms with Crippen molar-refractivity contribution in [1.82, 2.24) is 0 Å². The molecule has 0 fully saturated rings. The van der Waals surface area contributed by atoms with Gasteiger partial charge in [-0.05, 0) is 17.5 Å². The highest BCUT2D eigenvalue weighted by Crippen LogP contribution is 2.26. The Balaban J connectivity index is 2.79. The van der Waals surface area contributed by atoms with Gasteiger partial charge in [-0.2, -0.15) is 0 Å². The van der Waals surface area contributed by atoms with Crippen LogP contribution in [0.5, 0.6) is 5.75 Å². The van der Waals surface area contributed by atoms with E-state index in [0.29, 0.717) is 12.5 Å². The van der Waals surface area contributed by atoms with Crippen LogP contribution in [0.3, 0.4) is 0 Å². The van der Waals surface area contributed by atoms with E-state index in [9.17, 15) is 0 Å². The molecule has 1 aromatic carbocycles. The number of halogens is 1. The molecule has 0 spiro atoms. The third-order valence-corrected chi connectivity index (χ3v) is 2.15. The summed E-state index contributed by atoms with van der Waals surface area (Å²) in [5.74, 6) is 1.43. The van der Waals surface area contributed by atoms with E-state index >= 15 is 0 Å². The first-order valence-electron chi connectivity index (χ1n) is 4.66. The average Bonchev–Trinajstić information content (AvgIpc) is 2.15. The highest BCUT2D eigenvalue weighted by molar-refractivity contribution is 9.11. The molecule has 0 aliphatic heterocycles. The summed E-state index contributed by atoms with van der Waals surface area (Å²) in [5, 5.41) is 0. The highest BCUT2D eigenvalue weighted by Gasteiger charge is 2.06. The predicted octanol–water partition coefficient (Wildman–Crippen LogP) is 4.10. The summed E-state index contributed by atoms with van der Waals surface area (Å²) < 4.78 is 6.47. The van der Waals surface area contributed by atoms with Crippen LogP contribution in [0.25, 0.3) is 0 Å². The third-order valence-electron chi connectivity index (χ3n) is 1.93. The van der Waals surface area contributed by atoms with Gasteiger partial charge < -0.3 is 4.74 Å². The Morgan fingerprint density at radius 3 is 2.64 bits per heavy atom. The molecule has 0 radical (unpaired) electrons. The second-order valence-electron chi connectivity index (χ2n) is 3.50. The highest BCUT2D eigenvalue weighted by atomic mass is 79.9. The first-order valence-corrected chi connectivity index (χ1v) is 5.45. The summed E-state index contributed by atoms with van der Waals surface area (Å²) in [6.07, 6.45) is 0. The van der Waals surface area contributed by atoms with Crippen LogP contribution in [0, 0.1) is 0 Å². The van der Waals surface area contributed by atoms with Crippen molar-refractivity contribution in [2.24, 2.45) is 0 Å². The van der Waals surface area contributed by atoms with Gasteiger partial charge in [-0.15, -0.1) is 0 Å². The van der Waals surface area contributed by atoms with Gasteiger partial charge in [0.15, 0.2) is 0 Å². The molecule has 0 bridgehead atoms. The zero-order valence-corrected chi connectivity index (χ0v) is 10.2. The summed E-state index contributed by atoms with van der Waals surface area (Å²) in [4.78, 5) is 0. The second-order valence-corrected chi connectivity index (χ2v) is 4.62. The SMILES string of the molecule is C=C(Br)COc1ccccc1C(C)C. The lowest BCUT2D eigenvalue weighted by Gasteiger charge is -2.13. The van der Waals surface area contributed by atoms with Gasteiger partial charge in [0.2, 0.25) is 0 Å². The van der Waals surface area contributed by atoms with E-state index in [1.165, 1.54) is 5.56 Å². The van der Waals surface area contributed by atoms with Gasteiger partial charge in [-0.25, -0.2) is 0 Å². The molecule has 0 aromatic heterocycles. The van der Waals surface area contributed by atoms with Gasteiger partial charge >= 0.3 is 0 Å². The third kappa shape index (κ3) is 3.18. The van der Waals surface area contributed by atoms with E-state index in [4.69, 9.17) is 4.74 Å². The normalized spacial score (nSPS) is 10.3. The standard InChI is InChI=1S/C12H15BrO/c1-9(2)11-6-4-5-7-12(11)14-8-10(3)13/h4-7,9H,3,8H2,1-2H3. The van der Waals surface area contributed by atoms with Gasteiger partial charge in [0, 0.05) is 4.48 Å². The fourth-order valence-electron chi connectivity index (χ4n) is 1.25. The molecule has 0 saturated heterocycles. The van der Waals surface area contributed by atoms with E-state index in [2.05, 4.69) is 42.4 Å². The molecule has 0 aliphatic carbocycles. The second kappa shape index (κ2) is 5.20. The Labute approximate surface area is 93.9 Å². The maximum atomic E-state index is 5.61. The van der Waals surface area contributed by atoms with Crippen LogP contribution in [0.15, 0.2) is 35.3 Å². The van der Waals surface area contributed by atoms with Crippen LogP contribution in [0.1, 0.15) is 25.3 Å². The zero-order chi connectivity index (χ0) is 10.6. The summed E-state index contributed by atoms with van der Waals surface area (Å²) >= 11 is 3.27. The van der Waals surface area contributed by atoms with Crippen molar-refractivity contribution in [1.29, 1.82) is 0 Å². The zero-order valence-electron chi connectivity index (χ0n) is 8.59. The molecule has 0 atom stereocenters. The van der Waals surface area contributed by atoms with Crippen molar-refractivity contribution in [3.05, 3.63) is 40.9 Å². The van der Waals surface area contributed by atoms with E-state index in [1.54, 1.807) is 0 Å². The molecule has 0 unspecified atom stereocenters. The van der Waals surface area contributed by atoms with Crippen LogP contribution in [-0.2, 0) is 0 Å². The largest absolute Gasteiger partial charge is 0.488 e. The van der Waals surface area contributed by atoms with Crippen LogP contribution in [-0.4, -0.2) is 6.61 Å². The first-order chi connectivity index (χ1) is 6.61. The fraction of sp³-hybridized carbons (Fsp3) is 0.333. The van der Waals surface area contributed by atoms with Gasteiger partial charge in [0.1, 0.15) is 12.4 Å². The van der Waals surface area contributed by atoms with Crippen LogP contribution in [0.2, 0.25) is 0 Å². The van der Waals surface area contributed by atoms with Gasteiger partial charge in [0.25, 0.3) is 0 Å². The number of ether oxygens (including phenoxy) is 1. The van der Waals surface area contributed by atoms with Crippen molar-refractivity contribution in [3.8, 4) is 5.75 Å². The monoisotopic (exact) mass is 254 g/mol. The molecule has 0 amide bonds. The minimum absolute atomic E-state index is 0.481. The smallest absolute Gasteiger partial charge is 0.123 e. The van der Waals surface area contributed by atoms with E-state index in [1.807, 2.05) is 18.2 Å². The van der Waals surface area contributed by atoms with Crippen molar-refractivity contribution >= 4 is 15.9 Å². The molecule has 0 heterocycles. The Hall–Kier alpha value is -0.760. The number of rotatable bonds is 4. The van der Waals surface area contributed by atoms with Crippen molar-refractivity contribution < 1.29 is 4.74 Å². The van der Waals surface area contributed by atoms with Crippen molar-refractivity contribution in [3.63, 3.8) is 0 Å². The minimum atomic E-state index is 0.481. The Bertz CT molecular complexity index is 318. The maximum absolute atomic E-state index is 5.61. The number of hydrogen-bond donors (Lipinski definition) is 0. The quantitative estimate of drug-likeness (QED) is 0.787. The maximum Gasteiger partial charge on any atom is 0.123 e. The van der Waals surface area contributed by atoms with Crippen LogP contribution >= 0.6 is 15.9 Å². The summed E-state index contributed by atoms with van der Waals surface area (Å²) in [5.41, 5.74) is 1.24.